The zero-order chi connectivity index (χ0) is 17.5. The van der Waals surface area contributed by atoms with Crippen LogP contribution < -0.4 is 5.32 Å². The first-order valence-corrected chi connectivity index (χ1v) is 6.84. The second kappa shape index (κ2) is 8.26. The van der Waals surface area contributed by atoms with Gasteiger partial charge < -0.3 is 5.32 Å². The predicted octanol–water partition coefficient (Wildman–Crippen LogP) is 2.93. The van der Waals surface area contributed by atoms with Crippen molar-refractivity contribution >= 4 is 23.5 Å². The largest absolute Gasteiger partial charge is 0.450 e. The van der Waals surface area contributed by atoms with Gasteiger partial charge in [0.05, 0.1) is 6.42 Å². The minimum atomic E-state index is -4.99. The smallest absolute Gasteiger partial charge is 0.356 e. The van der Waals surface area contributed by atoms with E-state index in [2.05, 4.69) is 5.32 Å². The number of nitrogens with one attached hydrogen (secondary N) is 1. The third-order valence-corrected chi connectivity index (χ3v) is 2.87. The standard InChI is InChI=1S/C16H16F3NO3/c1-11(21)20-9-3-2-4-12-5-7-13(8-6-12)14(22)10-15(23)16(17,18)19/h2,4-8H,3,9-10H2,1H3,(H,20,21). The number of benzene rings is 1. The second-order valence-corrected chi connectivity index (χ2v) is 4.82. The molecule has 0 unspecified atom stereocenters. The number of alkyl halides is 3. The van der Waals surface area contributed by atoms with Crippen molar-refractivity contribution < 1.29 is 27.6 Å². The van der Waals surface area contributed by atoms with Gasteiger partial charge >= 0.3 is 6.18 Å². The average Bonchev–Trinajstić information content (AvgIpc) is 2.46. The maximum absolute atomic E-state index is 12.1. The Morgan fingerprint density at radius 3 is 2.26 bits per heavy atom. The topological polar surface area (TPSA) is 63.2 Å². The van der Waals surface area contributed by atoms with E-state index < -0.39 is 24.2 Å². The molecule has 0 saturated carbocycles. The molecule has 0 aliphatic carbocycles. The zero-order valence-corrected chi connectivity index (χ0v) is 12.4. The lowest BCUT2D eigenvalue weighted by Crippen LogP contribution is -2.25. The lowest BCUT2D eigenvalue weighted by atomic mass is 10.0. The van der Waals surface area contributed by atoms with E-state index in [4.69, 9.17) is 0 Å². The Morgan fingerprint density at radius 2 is 1.74 bits per heavy atom. The number of rotatable bonds is 7. The molecular formula is C16H16F3NO3. The van der Waals surface area contributed by atoms with Crippen molar-refractivity contribution in [3.63, 3.8) is 0 Å². The van der Waals surface area contributed by atoms with Gasteiger partial charge in [-0.15, -0.1) is 0 Å². The van der Waals surface area contributed by atoms with Crippen LogP contribution in [0.4, 0.5) is 13.2 Å². The third kappa shape index (κ3) is 6.90. The van der Waals surface area contributed by atoms with Gasteiger partial charge in [0.25, 0.3) is 0 Å². The highest BCUT2D eigenvalue weighted by Crippen LogP contribution is 2.19. The first-order chi connectivity index (χ1) is 10.7. The number of hydrogen-bond acceptors (Lipinski definition) is 3. The van der Waals surface area contributed by atoms with Crippen molar-refractivity contribution in [2.75, 3.05) is 6.54 Å². The summed E-state index contributed by atoms with van der Waals surface area (Å²) in [4.78, 5) is 33.0. The van der Waals surface area contributed by atoms with Crippen molar-refractivity contribution in [1.29, 1.82) is 0 Å². The minimum Gasteiger partial charge on any atom is -0.356 e. The van der Waals surface area contributed by atoms with Crippen molar-refractivity contribution in [2.24, 2.45) is 0 Å². The highest BCUT2D eigenvalue weighted by molar-refractivity contribution is 6.09. The maximum Gasteiger partial charge on any atom is 0.450 e. The molecule has 1 aromatic rings. The van der Waals surface area contributed by atoms with Gasteiger partial charge in [0.2, 0.25) is 11.7 Å². The van der Waals surface area contributed by atoms with Crippen LogP contribution in [0.5, 0.6) is 0 Å². The van der Waals surface area contributed by atoms with E-state index in [9.17, 15) is 27.6 Å². The molecule has 124 valence electrons. The van der Waals surface area contributed by atoms with Crippen LogP contribution in [-0.4, -0.2) is 30.2 Å². The summed E-state index contributed by atoms with van der Waals surface area (Å²) >= 11 is 0. The number of ketones is 2. The number of halogens is 3. The monoisotopic (exact) mass is 327 g/mol. The summed E-state index contributed by atoms with van der Waals surface area (Å²) in [5.41, 5.74) is 0.810. The van der Waals surface area contributed by atoms with Crippen LogP contribution in [0.15, 0.2) is 30.3 Å². The maximum atomic E-state index is 12.1. The number of Topliss-reactive ketones (excluding diaryl/α,β-unsaturated/α-hetero) is 2. The van der Waals surface area contributed by atoms with Crippen molar-refractivity contribution in [3.8, 4) is 0 Å². The van der Waals surface area contributed by atoms with Gasteiger partial charge in [0.15, 0.2) is 5.78 Å². The normalized spacial score (nSPS) is 11.5. The van der Waals surface area contributed by atoms with Gasteiger partial charge in [-0.05, 0) is 12.0 Å². The number of carbonyl (C=O) groups is 3. The van der Waals surface area contributed by atoms with E-state index in [0.717, 1.165) is 5.56 Å². The fourth-order valence-corrected chi connectivity index (χ4v) is 1.68. The van der Waals surface area contributed by atoms with E-state index in [1.165, 1.54) is 19.1 Å². The Hall–Kier alpha value is -2.44. The Labute approximate surface area is 131 Å². The fraction of sp³-hybridized carbons (Fsp3) is 0.312. The summed E-state index contributed by atoms with van der Waals surface area (Å²) in [5.74, 6) is -3.03. The molecule has 0 aliphatic rings. The summed E-state index contributed by atoms with van der Waals surface area (Å²) in [7, 11) is 0. The van der Waals surface area contributed by atoms with Crippen molar-refractivity contribution in [1.82, 2.24) is 5.32 Å². The molecule has 0 bridgehead atoms. The summed E-state index contributed by atoms with van der Waals surface area (Å²) in [6.07, 6.45) is -1.97. The number of hydrogen-bond donors (Lipinski definition) is 1. The highest BCUT2D eigenvalue weighted by Gasteiger charge is 2.39. The number of amides is 1. The van der Waals surface area contributed by atoms with Crippen molar-refractivity contribution in [3.05, 3.63) is 41.5 Å². The molecule has 0 fully saturated rings. The van der Waals surface area contributed by atoms with Crippen LogP contribution in [0.1, 0.15) is 35.7 Å². The summed E-state index contributed by atoms with van der Waals surface area (Å²) in [5, 5.41) is 2.63. The molecule has 0 atom stereocenters. The molecule has 0 heterocycles. The van der Waals surface area contributed by atoms with Crippen LogP contribution in [0.2, 0.25) is 0 Å². The Balaban J connectivity index is 2.56. The van der Waals surface area contributed by atoms with Crippen molar-refractivity contribution in [2.45, 2.75) is 25.9 Å². The van der Waals surface area contributed by atoms with Gasteiger partial charge in [0, 0.05) is 19.0 Å². The molecular weight excluding hydrogens is 311 g/mol. The van der Waals surface area contributed by atoms with Crippen LogP contribution in [0, 0.1) is 0 Å². The average molecular weight is 327 g/mol. The van der Waals surface area contributed by atoms with E-state index >= 15 is 0 Å². The number of carbonyl (C=O) groups excluding carboxylic acids is 3. The fourth-order valence-electron chi connectivity index (χ4n) is 1.68. The summed E-state index contributed by atoms with van der Waals surface area (Å²) < 4.78 is 36.3. The third-order valence-electron chi connectivity index (χ3n) is 2.87. The van der Waals surface area contributed by atoms with Gasteiger partial charge in [-0.1, -0.05) is 36.4 Å². The van der Waals surface area contributed by atoms with Gasteiger partial charge in [-0.2, -0.15) is 13.2 Å². The van der Waals surface area contributed by atoms with E-state index in [-0.39, 0.29) is 11.5 Å². The summed E-state index contributed by atoms with van der Waals surface area (Å²) in [6, 6.07) is 5.89. The molecule has 0 saturated heterocycles. The molecule has 23 heavy (non-hydrogen) atoms. The Morgan fingerprint density at radius 1 is 1.13 bits per heavy atom. The SMILES string of the molecule is CC(=O)NCCC=Cc1ccc(C(=O)CC(=O)C(F)(F)F)cc1. The van der Waals surface area contributed by atoms with Gasteiger partial charge in [-0.3, -0.25) is 14.4 Å². The molecule has 0 spiro atoms. The first kappa shape index (κ1) is 18.6. The second-order valence-electron chi connectivity index (χ2n) is 4.82. The Kier molecular flexibility index (Phi) is 6.68. The highest BCUT2D eigenvalue weighted by atomic mass is 19.4. The quantitative estimate of drug-likeness (QED) is 0.476. The van der Waals surface area contributed by atoms with Crippen LogP contribution in [0.3, 0.4) is 0 Å². The van der Waals surface area contributed by atoms with Crippen LogP contribution in [0.25, 0.3) is 6.08 Å². The predicted molar refractivity (Wildman–Crippen MR) is 78.8 cm³/mol. The molecule has 1 amide bonds. The first-order valence-electron chi connectivity index (χ1n) is 6.84. The van der Waals surface area contributed by atoms with Gasteiger partial charge in [-0.25, -0.2) is 0 Å². The Bertz CT molecular complexity index is 604. The van der Waals surface area contributed by atoms with Gasteiger partial charge in [0.1, 0.15) is 0 Å². The molecule has 0 aliphatic heterocycles. The molecule has 0 radical (unpaired) electrons. The molecule has 1 rings (SSSR count). The van der Waals surface area contributed by atoms with E-state index in [1.807, 2.05) is 6.08 Å². The van der Waals surface area contributed by atoms with Crippen LogP contribution in [-0.2, 0) is 9.59 Å². The molecule has 4 nitrogen and oxygen atoms in total. The molecule has 7 heteroatoms. The molecule has 1 aromatic carbocycles. The van der Waals surface area contributed by atoms with Crippen LogP contribution >= 0.6 is 0 Å². The lowest BCUT2D eigenvalue weighted by molar-refractivity contribution is -0.170. The molecule has 1 N–H and O–H groups in total. The minimum absolute atomic E-state index is 0.0537. The zero-order valence-electron chi connectivity index (χ0n) is 12.4. The van der Waals surface area contributed by atoms with E-state index in [1.54, 1.807) is 18.2 Å². The summed E-state index contributed by atoms with van der Waals surface area (Å²) in [6.45, 7) is 1.92. The van der Waals surface area contributed by atoms with E-state index in [0.29, 0.717) is 13.0 Å². The molecule has 0 aromatic heterocycles. The lowest BCUT2D eigenvalue weighted by Gasteiger charge is -2.04.